The van der Waals surface area contributed by atoms with Crippen LogP contribution in [0.3, 0.4) is 0 Å². The van der Waals surface area contributed by atoms with Crippen LogP contribution >= 0.6 is 0 Å². The van der Waals surface area contributed by atoms with Crippen LogP contribution in [0.2, 0.25) is 0 Å². The van der Waals surface area contributed by atoms with Gasteiger partial charge in [-0.25, -0.2) is 4.79 Å². The number of ether oxygens (including phenoxy) is 12. The van der Waals surface area contributed by atoms with Crippen molar-refractivity contribution in [3.63, 3.8) is 0 Å². The molecule has 0 amide bonds. The highest BCUT2D eigenvalue weighted by atomic mass is 19.5. The predicted molar refractivity (Wildman–Crippen MR) is 362 cm³/mol. The first kappa shape index (κ1) is 121. The average Bonchev–Trinajstić information content (AvgIpc) is 0.702. The first-order chi connectivity index (χ1) is 62.7. The summed E-state index contributed by atoms with van der Waals surface area (Å²) in [4.78, 5) is 14.2. The van der Waals surface area contributed by atoms with Crippen LogP contribution in [0.15, 0.2) is 84.9 Å². The number of esters is 1. The van der Waals surface area contributed by atoms with Crippen LogP contribution in [0.1, 0.15) is 84.8 Å². The molecular formula is C75H65F51O13. The number of hydrogen-bond donors (Lipinski definition) is 0. The quantitative estimate of drug-likeness (QED) is 0.0237. The summed E-state index contributed by atoms with van der Waals surface area (Å²) in [5.41, 5.74) is -0.759. The lowest BCUT2D eigenvalue weighted by Crippen LogP contribution is -2.74. The zero-order chi connectivity index (χ0) is 107. The van der Waals surface area contributed by atoms with Crippen molar-refractivity contribution < 1.29 is 286 Å². The minimum atomic E-state index is -8.89. The Labute approximate surface area is 744 Å². The van der Waals surface area contributed by atoms with E-state index in [9.17, 15) is 229 Å². The van der Waals surface area contributed by atoms with Crippen molar-refractivity contribution in [2.45, 2.75) is 227 Å². The van der Waals surface area contributed by atoms with Crippen molar-refractivity contribution >= 4 is 5.97 Å². The van der Waals surface area contributed by atoms with Gasteiger partial charge in [-0.1, -0.05) is 36.4 Å². The standard InChI is InChI=1S/C75H65F51O13/c76-52(77,55(82,83)58(88,89)61(94,95)64(100,101)67(106,107)70(112,113)73(118,119)120)19-1-4-22-132-44-13-7-40(8-14-44)35-136-48-33-43(51(127)139-39-47-38-131-30-29-129-26-25-128-27-28-130-31-32-135-47)34-49(137-36-41-9-15-45(16-10-41)133-23-5-2-20-53(78,79)56(84,85)59(90,91)62(96,97)65(102,103)68(108,109)71(114,115)74(121,122)123)50(48)138-37-42-11-17-46(18-12-42)134-24-6-3-21-54(80,81)57(86,87)60(92,93)63(98,99)66(104,105)69(110,111)72(116,117)75(124,125)126/h7-18,33-34,47H,1-6,19-32,35-39H2. The van der Waals surface area contributed by atoms with Gasteiger partial charge in [-0.15, -0.1) is 0 Å². The number of benzene rings is 4. The Bertz CT molecular complexity index is 4370. The minimum absolute atomic E-state index is 0.0181. The van der Waals surface area contributed by atoms with Crippen LogP contribution in [0.4, 0.5) is 224 Å². The maximum atomic E-state index is 14.6. The first-order valence-electron chi connectivity index (χ1n) is 38.2. The van der Waals surface area contributed by atoms with Crippen LogP contribution in [-0.4, -0.2) is 241 Å². The summed E-state index contributed by atoms with van der Waals surface area (Å²) >= 11 is 0. The number of unbranched alkanes of at least 4 members (excludes halogenated alkanes) is 3. The molecule has 1 atom stereocenters. The molecular weight excluding hydrogens is 2080 g/mol. The van der Waals surface area contributed by atoms with Crippen molar-refractivity contribution in [2.75, 3.05) is 85.9 Å². The van der Waals surface area contributed by atoms with E-state index in [1.54, 1.807) is 0 Å². The van der Waals surface area contributed by atoms with Crippen LogP contribution < -0.4 is 28.4 Å². The molecule has 1 saturated heterocycles. The molecule has 4 aromatic rings. The SMILES string of the molecule is O=C(OCC1COCCOCCOCCOCCO1)c1cc(OCc2ccc(OCCCCC(F)(F)C(F)(F)C(F)(F)C(F)(F)C(F)(F)C(F)(F)C(F)(F)C(F)(F)F)cc2)c(OCc2ccc(OCCCCC(F)(F)C(F)(F)C(F)(F)C(F)(F)C(F)(F)C(F)(F)C(F)(F)C(F)(F)F)cc2)c(OCc2ccc(OCCCCC(F)(F)C(F)(F)C(F)(F)C(F)(F)C(F)(F)C(F)(F)C(F)(F)C(F)(F)F)cc2)c1. The summed E-state index contributed by atoms with van der Waals surface area (Å²) in [6.45, 7) is -6.45. The molecule has 5 rings (SSSR count). The molecule has 1 heterocycles. The van der Waals surface area contributed by atoms with Gasteiger partial charge in [-0.05, 0) is 104 Å². The van der Waals surface area contributed by atoms with Crippen LogP contribution in [0.5, 0.6) is 34.5 Å². The summed E-state index contributed by atoms with van der Waals surface area (Å²) in [7, 11) is 0. The van der Waals surface area contributed by atoms with Crippen molar-refractivity contribution in [1.29, 1.82) is 0 Å². The topological polar surface area (TPSA) is 128 Å². The molecule has 0 aromatic heterocycles. The molecule has 1 aliphatic rings. The van der Waals surface area contributed by atoms with Crippen molar-refractivity contribution in [1.82, 2.24) is 0 Å². The third kappa shape index (κ3) is 24.2. The highest BCUT2D eigenvalue weighted by Gasteiger charge is 2.99. The lowest BCUT2D eigenvalue weighted by molar-refractivity contribution is -0.461. The first-order valence-corrected chi connectivity index (χ1v) is 38.2. The van der Waals surface area contributed by atoms with E-state index >= 15 is 0 Å². The molecule has 139 heavy (non-hydrogen) atoms. The molecule has 0 bridgehead atoms. The van der Waals surface area contributed by atoms with E-state index in [1.165, 1.54) is 0 Å². The normalized spacial score (nSPS) is 16.6. The Kier molecular flexibility index (Phi) is 37.5. The van der Waals surface area contributed by atoms with E-state index in [-0.39, 0.29) is 76.2 Å². The molecule has 1 aliphatic heterocycles. The van der Waals surface area contributed by atoms with Gasteiger partial charge in [0, 0.05) is 19.3 Å². The third-order valence-electron chi connectivity index (χ3n) is 19.4. The van der Waals surface area contributed by atoms with E-state index in [1.807, 2.05) is 0 Å². The van der Waals surface area contributed by atoms with Gasteiger partial charge in [0.1, 0.15) is 49.8 Å². The van der Waals surface area contributed by atoms with Gasteiger partial charge in [0.25, 0.3) is 0 Å². The lowest BCUT2D eigenvalue weighted by atomic mass is 9.88. The summed E-state index contributed by atoms with van der Waals surface area (Å²) < 4.78 is 772. The highest BCUT2D eigenvalue weighted by molar-refractivity contribution is 5.91. The molecule has 0 spiro atoms. The second-order valence-electron chi connectivity index (χ2n) is 29.5. The zero-order valence-electron chi connectivity index (χ0n) is 68.4. The zero-order valence-corrected chi connectivity index (χ0v) is 68.4. The van der Waals surface area contributed by atoms with E-state index in [0.717, 1.165) is 84.9 Å². The fraction of sp³-hybridized carbons (Fsp3) is 0.667. The monoisotopic (exact) mass is 2140 g/mol. The van der Waals surface area contributed by atoms with E-state index in [4.69, 9.17) is 56.8 Å². The molecule has 800 valence electrons. The van der Waals surface area contributed by atoms with Gasteiger partial charge in [0.05, 0.1) is 84.8 Å². The fourth-order valence-corrected chi connectivity index (χ4v) is 11.1. The van der Waals surface area contributed by atoms with Gasteiger partial charge in [-0.2, -0.15) is 224 Å². The highest BCUT2D eigenvalue weighted by Crippen LogP contribution is 2.69. The molecule has 0 radical (unpaired) electrons. The number of carbonyl (C=O) groups is 1. The average molecular weight is 2140 g/mol. The molecule has 0 N–H and O–H groups in total. The Hall–Kier alpha value is -8.62. The summed E-state index contributed by atoms with van der Waals surface area (Å²) in [5.74, 6) is -179. The van der Waals surface area contributed by atoms with Gasteiger partial charge >= 0.3 is 149 Å². The Morgan fingerprint density at radius 3 is 0.734 bits per heavy atom. The smallest absolute Gasteiger partial charge is 0.460 e. The van der Waals surface area contributed by atoms with Crippen LogP contribution in [-0.2, 0) is 48.2 Å². The Balaban J connectivity index is 1.46. The van der Waals surface area contributed by atoms with Crippen LogP contribution in [0.25, 0.3) is 0 Å². The maximum Gasteiger partial charge on any atom is 0.460 e. The molecule has 64 heteroatoms. The largest absolute Gasteiger partial charge is 0.494 e. The molecule has 13 nitrogen and oxygen atoms in total. The molecule has 1 unspecified atom stereocenters. The van der Waals surface area contributed by atoms with E-state index in [0.29, 0.717) is 0 Å². The predicted octanol–water partition coefficient (Wildman–Crippen LogP) is 25.7. The lowest BCUT2D eigenvalue weighted by Gasteiger charge is -2.42. The summed E-state index contributed by atoms with van der Waals surface area (Å²) in [5, 5.41) is 0. The minimum Gasteiger partial charge on any atom is -0.494 e. The van der Waals surface area contributed by atoms with E-state index in [2.05, 4.69) is 0 Å². The number of hydrogen-bond acceptors (Lipinski definition) is 13. The number of carbonyl (C=O) groups excluding carboxylic acids is 1. The van der Waals surface area contributed by atoms with Gasteiger partial charge in [0.15, 0.2) is 11.5 Å². The summed E-state index contributed by atoms with van der Waals surface area (Å²) in [6, 6.07) is 13.7. The molecule has 4 aromatic carbocycles. The maximum absolute atomic E-state index is 14.6. The van der Waals surface area contributed by atoms with Crippen molar-refractivity contribution in [3.8, 4) is 34.5 Å². The number of halogens is 51. The Morgan fingerprint density at radius 1 is 0.259 bits per heavy atom. The fourth-order valence-electron chi connectivity index (χ4n) is 11.1. The van der Waals surface area contributed by atoms with E-state index < -0.39 is 299 Å². The van der Waals surface area contributed by atoms with Gasteiger partial charge in [-0.3, -0.25) is 0 Å². The van der Waals surface area contributed by atoms with Gasteiger partial charge in [0.2, 0.25) is 5.75 Å². The third-order valence-corrected chi connectivity index (χ3v) is 19.4. The van der Waals surface area contributed by atoms with Crippen molar-refractivity contribution in [3.05, 3.63) is 107 Å². The summed E-state index contributed by atoms with van der Waals surface area (Å²) in [6.07, 6.45) is -41.7. The van der Waals surface area contributed by atoms with Gasteiger partial charge < -0.3 is 56.8 Å². The molecule has 0 aliphatic carbocycles. The molecule has 0 saturated carbocycles. The Morgan fingerprint density at radius 2 is 0.482 bits per heavy atom. The second kappa shape index (κ2) is 43.1. The molecule has 1 fully saturated rings. The second-order valence-corrected chi connectivity index (χ2v) is 29.5. The number of rotatable bonds is 48. The van der Waals surface area contributed by atoms with Crippen LogP contribution in [0, 0.1) is 0 Å². The number of alkyl halides is 51. The van der Waals surface area contributed by atoms with Crippen molar-refractivity contribution in [2.24, 2.45) is 0 Å².